The summed E-state index contributed by atoms with van der Waals surface area (Å²) in [6.45, 7) is 2.75. The lowest BCUT2D eigenvalue weighted by atomic mass is 10.3. The number of hydrogen-bond acceptors (Lipinski definition) is 3. The molecule has 21 heavy (non-hydrogen) atoms. The highest BCUT2D eigenvalue weighted by Gasteiger charge is 2.19. The largest absolute Gasteiger partial charge is 0.384 e. The maximum absolute atomic E-state index is 12.6. The number of rotatable bonds is 6. The summed E-state index contributed by atoms with van der Waals surface area (Å²) >= 11 is 3.34. The first-order valence-corrected chi connectivity index (χ1v) is 8.92. The summed E-state index contributed by atoms with van der Waals surface area (Å²) in [5.41, 5.74) is 1.13. The van der Waals surface area contributed by atoms with Crippen LogP contribution in [0.3, 0.4) is 0 Å². The van der Waals surface area contributed by atoms with E-state index in [2.05, 4.69) is 26.0 Å². The Bertz CT molecular complexity index is 717. The number of para-hydroxylation sites is 2. The van der Waals surface area contributed by atoms with E-state index >= 15 is 0 Å². The number of hydrogen-bond donors (Lipinski definition) is 2. The van der Waals surface area contributed by atoms with E-state index in [-0.39, 0.29) is 4.90 Å². The molecule has 0 aromatic heterocycles. The van der Waals surface area contributed by atoms with Crippen molar-refractivity contribution in [3.8, 4) is 0 Å². The van der Waals surface area contributed by atoms with Crippen molar-refractivity contribution in [2.75, 3.05) is 16.6 Å². The van der Waals surface area contributed by atoms with Gasteiger partial charge in [-0.15, -0.1) is 0 Å². The van der Waals surface area contributed by atoms with Gasteiger partial charge in [-0.3, -0.25) is 4.72 Å². The quantitative estimate of drug-likeness (QED) is 0.807. The summed E-state index contributed by atoms with van der Waals surface area (Å²) in [5.74, 6) is 0. The first kappa shape index (κ1) is 15.9. The van der Waals surface area contributed by atoms with Gasteiger partial charge in [0, 0.05) is 11.0 Å². The minimum Gasteiger partial charge on any atom is -0.384 e. The maximum atomic E-state index is 12.6. The van der Waals surface area contributed by atoms with Gasteiger partial charge in [-0.2, -0.15) is 0 Å². The lowest BCUT2D eigenvalue weighted by molar-refractivity contribution is 0.601. The lowest BCUT2D eigenvalue weighted by Crippen LogP contribution is -2.16. The molecule has 0 heterocycles. The van der Waals surface area contributed by atoms with E-state index in [0.717, 1.165) is 13.0 Å². The van der Waals surface area contributed by atoms with Crippen LogP contribution in [0.15, 0.2) is 57.9 Å². The Labute approximate surface area is 133 Å². The molecule has 0 aliphatic heterocycles. The summed E-state index contributed by atoms with van der Waals surface area (Å²) in [6, 6.07) is 14.0. The molecular weight excluding hydrogens is 352 g/mol. The molecule has 0 fully saturated rings. The third-order valence-corrected chi connectivity index (χ3v) is 4.98. The molecule has 0 bridgehead atoms. The molecule has 0 saturated carbocycles. The van der Waals surface area contributed by atoms with Gasteiger partial charge < -0.3 is 5.32 Å². The van der Waals surface area contributed by atoms with Crippen LogP contribution in [0.25, 0.3) is 0 Å². The molecule has 6 heteroatoms. The molecule has 2 aromatic rings. The van der Waals surface area contributed by atoms with Crippen molar-refractivity contribution < 1.29 is 8.42 Å². The Morgan fingerprint density at radius 3 is 2.29 bits per heavy atom. The average Bonchev–Trinajstić information content (AvgIpc) is 2.47. The second-order valence-corrected chi connectivity index (χ2v) is 7.01. The molecule has 0 spiro atoms. The summed E-state index contributed by atoms with van der Waals surface area (Å²) in [6.07, 6.45) is 0.923. The van der Waals surface area contributed by atoms with Crippen LogP contribution in [-0.4, -0.2) is 15.0 Å². The monoisotopic (exact) mass is 368 g/mol. The molecule has 112 valence electrons. The highest BCUT2D eigenvalue weighted by molar-refractivity contribution is 9.10. The predicted molar refractivity (Wildman–Crippen MR) is 90.2 cm³/mol. The van der Waals surface area contributed by atoms with Crippen molar-refractivity contribution >= 4 is 37.3 Å². The van der Waals surface area contributed by atoms with Gasteiger partial charge in [0.25, 0.3) is 10.0 Å². The summed E-state index contributed by atoms with van der Waals surface area (Å²) in [4.78, 5) is 0.245. The highest BCUT2D eigenvalue weighted by atomic mass is 79.9. The molecule has 4 nitrogen and oxygen atoms in total. The van der Waals surface area contributed by atoms with Crippen molar-refractivity contribution in [3.05, 3.63) is 53.0 Å². The molecule has 0 aliphatic rings. The third kappa shape index (κ3) is 3.98. The van der Waals surface area contributed by atoms with Crippen LogP contribution in [0.2, 0.25) is 0 Å². The van der Waals surface area contributed by atoms with Gasteiger partial charge in [0.2, 0.25) is 0 Å². The van der Waals surface area contributed by atoms with E-state index in [1.807, 2.05) is 19.1 Å². The molecular formula is C15H17BrN2O2S. The van der Waals surface area contributed by atoms with Crippen LogP contribution in [0.4, 0.5) is 11.4 Å². The number of benzene rings is 2. The Balaban J connectivity index is 2.34. The van der Waals surface area contributed by atoms with Crippen molar-refractivity contribution in [2.45, 2.75) is 18.2 Å². The average molecular weight is 369 g/mol. The standard InChI is InChI=1S/C15H17BrN2O2S/c1-2-11-17-14-9-5-6-10-15(14)21(19,20)18-13-8-4-3-7-12(13)16/h3-10,17-18H,2,11H2,1H3. The van der Waals surface area contributed by atoms with Crippen LogP contribution in [0.1, 0.15) is 13.3 Å². The van der Waals surface area contributed by atoms with Crippen LogP contribution in [0, 0.1) is 0 Å². The van der Waals surface area contributed by atoms with Gasteiger partial charge in [-0.1, -0.05) is 31.2 Å². The van der Waals surface area contributed by atoms with E-state index in [9.17, 15) is 8.42 Å². The zero-order chi connectivity index (χ0) is 15.3. The molecule has 2 rings (SSSR count). The van der Waals surface area contributed by atoms with E-state index in [1.165, 1.54) is 0 Å². The Hall–Kier alpha value is -1.53. The molecule has 2 aromatic carbocycles. The van der Waals surface area contributed by atoms with E-state index in [0.29, 0.717) is 15.8 Å². The van der Waals surface area contributed by atoms with E-state index in [4.69, 9.17) is 0 Å². The Kier molecular flexibility index (Phi) is 5.25. The van der Waals surface area contributed by atoms with Gasteiger partial charge in [0.05, 0.1) is 11.4 Å². The number of nitrogens with one attached hydrogen (secondary N) is 2. The van der Waals surface area contributed by atoms with Crippen LogP contribution < -0.4 is 10.0 Å². The zero-order valence-corrected chi connectivity index (χ0v) is 14.0. The van der Waals surface area contributed by atoms with Gasteiger partial charge in [-0.25, -0.2) is 8.42 Å². The number of sulfonamides is 1. The predicted octanol–water partition coefficient (Wildman–Crippen LogP) is 4.07. The fourth-order valence-corrected chi connectivity index (χ4v) is 3.63. The number of halogens is 1. The Morgan fingerprint density at radius 1 is 1.00 bits per heavy atom. The van der Waals surface area contributed by atoms with Crippen LogP contribution in [0.5, 0.6) is 0 Å². The summed E-state index contributed by atoms with van der Waals surface area (Å²) in [7, 11) is -3.64. The zero-order valence-electron chi connectivity index (χ0n) is 11.6. The summed E-state index contributed by atoms with van der Waals surface area (Å²) in [5, 5.41) is 3.14. The minimum absolute atomic E-state index is 0.245. The number of anilines is 2. The molecule has 2 N–H and O–H groups in total. The minimum atomic E-state index is -3.64. The first-order valence-electron chi connectivity index (χ1n) is 6.65. The molecule has 0 radical (unpaired) electrons. The lowest BCUT2D eigenvalue weighted by Gasteiger charge is -2.14. The van der Waals surface area contributed by atoms with Crippen LogP contribution in [-0.2, 0) is 10.0 Å². The van der Waals surface area contributed by atoms with Crippen LogP contribution >= 0.6 is 15.9 Å². The fraction of sp³-hybridized carbons (Fsp3) is 0.200. The first-order chi connectivity index (χ1) is 10.0. The molecule has 0 aliphatic carbocycles. The summed E-state index contributed by atoms with van der Waals surface area (Å²) < 4.78 is 28.4. The third-order valence-electron chi connectivity index (χ3n) is 2.86. The fourth-order valence-electron chi connectivity index (χ4n) is 1.85. The van der Waals surface area contributed by atoms with Gasteiger partial charge in [0.1, 0.15) is 4.90 Å². The van der Waals surface area contributed by atoms with Crippen molar-refractivity contribution in [1.82, 2.24) is 0 Å². The van der Waals surface area contributed by atoms with Gasteiger partial charge >= 0.3 is 0 Å². The SMILES string of the molecule is CCCNc1ccccc1S(=O)(=O)Nc1ccccc1Br. The Morgan fingerprint density at radius 2 is 1.62 bits per heavy atom. The molecule has 0 atom stereocenters. The smallest absolute Gasteiger partial charge is 0.263 e. The topological polar surface area (TPSA) is 58.2 Å². The molecule has 0 unspecified atom stereocenters. The van der Waals surface area contributed by atoms with Gasteiger partial charge in [-0.05, 0) is 46.6 Å². The second-order valence-electron chi connectivity index (χ2n) is 4.51. The maximum Gasteiger partial charge on any atom is 0.263 e. The molecule has 0 amide bonds. The van der Waals surface area contributed by atoms with Crippen molar-refractivity contribution in [1.29, 1.82) is 0 Å². The van der Waals surface area contributed by atoms with Gasteiger partial charge in [0.15, 0.2) is 0 Å². The normalized spacial score (nSPS) is 11.1. The second kappa shape index (κ2) is 6.95. The van der Waals surface area contributed by atoms with Crippen molar-refractivity contribution in [2.24, 2.45) is 0 Å². The van der Waals surface area contributed by atoms with Crippen molar-refractivity contribution in [3.63, 3.8) is 0 Å². The van der Waals surface area contributed by atoms with E-state index in [1.54, 1.807) is 36.4 Å². The molecule has 0 saturated heterocycles. The highest BCUT2D eigenvalue weighted by Crippen LogP contribution is 2.27. The van der Waals surface area contributed by atoms with E-state index < -0.39 is 10.0 Å².